The summed E-state index contributed by atoms with van der Waals surface area (Å²) in [5.74, 6) is -2.25. The smallest absolute Gasteiger partial charge is 0.151 e. The van der Waals surface area contributed by atoms with Gasteiger partial charge in [0.2, 0.25) is 0 Å². The average molecular weight is 333 g/mol. The van der Waals surface area contributed by atoms with Crippen molar-refractivity contribution < 1.29 is 23.4 Å². The molecule has 2 aromatic rings. The molecule has 5 nitrogen and oxygen atoms in total. The molecule has 0 bridgehead atoms. The summed E-state index contributed by atoms with van der Waals surface area (Å²) in [5.41, 5.74) is 4.10. The molecule has 0 aliphatic heterocycles. The van der Waals surface area contributed by atoms with Gasteiger partial charge in [-0.05, 0) is 42.8 Å². The first kappa shape index (κ1) is 17.4. The van der Waals surface area contributed by atoms with Crippen molar-refractivity contribution in [3.63, 3.8) is 0 Å². The second kappa shape index (κ2) is 7.54. The summed E-state index contributed by atoms with van der Waals surface area (Å²) in [6, 6.07) is 8.01. The number of hydrogen-bond acceptors (Lipinski definition) is 5. The summed E-state index contributed by atoms with van der Waals surface area (Å²) in [5, 5.41) is 14.8. The second-order valence-electron chi connectivity index (χ2n) is 5.01. The van der Waals surface area contributed by atoms with Crippen molar-refractivity contribution in [2.45, 2.75) is 13.3 Å². The maximum atomic E-state index is 13.5. The molecule has 0 fully saturated rings. The Labute approximate surface area is 137 Å². The van der Waals surface area contributed by atoms with Crippen molar-refractivity contribution in [2.75, 3.05) is 12.5 Å². The summed E-state index contributed by atoms with van der Waals surface area (Å²) < 4.78 is 31.5. The minimum Gasteiger partial charge on any atom is -0.550 e. The third-order valence-electron chi connectivity index (χ3n) is 3.31. The highest BCUT2D eigenvalue weighted by atomic mass is 19.1. The zero-order chi connectivity index (χ0) is 17.7. The number of methoxy groups -OCH3 is 1. The first-order chi connectivity index (χ1) is 11.4. The van der Waals surface area contributed by atoms with E-state index in [1.165, 1.54) is 13.2 Å². The minimum absolute atomic E-state index is 0.0271. The van der Waals surface area contributed by atoms with Crippen molar-refractivity contribution in [3.05, 3.63) is 59.2 Å². The Morgan fingerprint density at radius 1 is 1.25 bits per heavy atom. The lowest BCUT2D eigenvalue weighted by molar-refractivity contribution is -0.304. The molecule has 0 aromatic heterocycles. The molecule has 0 saturated carbocycles. The highest BCUT2D eigenvalue weighted by Gasteiger charge is 2.08. The number of hydrogen-bond donors (Lipinski definition) is 1. The van der Waals surface area contributed by atoms with Gasteiger partial charge in [0.25, 0.3) is 0 Å². The van der Waals surface area contributed by atoms with Crippen LogP contribution in [0.2, 0.25) is 0 Å². The van der Waals surface area contributed by atoms with E-state index in [0.29, 0.717) is 22.6 Å². The van der Waals surface area contributed by atoms with Crippen LogP contribution in [0.1, 0.15) is 18.1 Å². The van der Waals surface area contributed by atoms with Gasteiger partial charge in [-0.25, -0.2) is 8.78 Å². The molecular formula is C17H15F2N2O3-. The van der Waals surface area contributed by atoms with E-state index in [2.05, 4.69) is 10.5 Å². The molecule has 0 aliphatic carbocycles. The van der Waals surface area contributed by atoms with E-state index in [-0.39, 0.29) is 12.1 Å². The zero-order valence-electron chi connectivity index (χ0n) is 13.1. The van der Waals surface area contributed by atoms with Gasteiger partial charge in [-0.3, -0.25) is 5.43 Å². The van der Waals surface area contributed by atoms with Gasteiger partial charge in [0.05, 0.1) is 18.5 Å². The number of anilines is 1. The molecular weight excluding hydrogens is 318 g/mol. The van der Waals surface area contributed by atoms with Crippen LogP contribution < -0.4 is 15.3 Å². The monoisotopic (exact) mass is 333 g/mol. The van der Waals surface area contributed by atoms with Crippen LogP contribution in [0.25, 0.3) is 0 Å². The Kier molecular flexibility index (Phi) is 5.47. The molecule has 2 rings (SSSR count). The zero-order valence-corrected chi connectivity index (χ0v) is 13.1. The van der Waals surface area contributed by atoms with Crippen molar-refractivity contribution in [3.8, 4) is 5.75 Å². The maximum Gasteiger partial charge on any atom is 0.151 e. The Hall–Kier alpha value is -2.96. The molecule has 7 heteroatoms. The lowest BCUT2D eigenvalue weighted by Crippen LogP contribution is -2.24. The van der Waals surface area contributed by atoms with Gasteiger partial charge in [-0.2, -0.15) is 5.10 Å². The fourth-order valence-electron chi connectivity index (χ4n) is 2.09. The largest absolute Gasteiger partial charge is 0.550 e. The summed E-state index contributed by atoms with van der Waals surface area (Å²) in [6.07, 6.45) is -0.301. The lowest BCUT2D eigenvalue weighted by atomic mass is 10.0. The molecule has 0 spiro atoms. The van der Waals surface area contributed by atoms with Crippen LogP contribution in [0.3, 0.4) is 0 Å². The van der Waals surface area contributed by atoms with Gasteiger partial charge in [0.1, 0.15) is 11.6 Å². The van der Waals surface area contributed by atoms with Gasteiger partial charge in [-0.1, -0.05) is 0 Å². The predicted octanol–water partition coefficient (Wildman–Crippen LogP) is 2.10. The summed E-state index contributed by atoms with van der Waals surface area (Å²) in [7, 11) is 1.44. The number of hydrazone groups is 1. The van der Waals surface area contributed by atoms with E-state index in [1.807, 2.05) is 0 Å². The van der Waals surface area contributed by atoms with Crippen LogP contribution in [0.15, 0.2) is 41.5 Å². The van der Waals surface area contributed by atoms with Gasteiger partial charge >= 0.3 is 0 Å². The number of carboxylic acids is 1. The summed E-state index contributed by atoms with van der Waals surface area (Å²) in [4.78, 5) is 10.8. The maximum absolute atomic E-state index is 13.5. The number of carbonyl (C=O) groups is 1. The SMILES string of the molecule is COc1ccc(/C(C)=N\Nc2ccc(F)cc2F)cc1CC(=O)[O-]. The third-order valence-corrected chi connectivity index (χ3v) is 3.31. The van der Waals surface area contributed by atoms with Crippen molar-refractivity contribution in [1.82, 2.24) is 0 Å². The molecule has 0 amide bonds. The summed E-state index contributed by atoms with van der Waals surface area (Å²) in [6.45, 7) is 1.67. The van der Waals surface area contributed by atoms with Crippen LogP contribution in [0.5, 0.6) is 5.75 Å². The quantitative estimate of drug-likeness (QED) is 0.649. The van der Waals surface area contributed by atoms with E-state index in [9.17, 15) is 18.7 Å². The van der Waals surface area contributed by atoms with Crippen molar-refractivity contribution in [1.29, 1.82) is 0 Å². The minimum atomic E-state index is -1.23. The molecule has 0 radical (unpaired) electrons. The Morgan fingerprint density at radius 2 is 2.00 bits per heavy atom. The number of ether oxygens (including phenoxy) is 1. The number of halogens is 2. The first-order valence-electron chi connectivity index (χ1n) is 7.03. The Balaban J connectivity index is 2.24. The first-order valence-corrected chi connectivity index (χ1v) is 7.03. The highest BCUT2D eigenvalue weighted by molar-refractivity contribution is 5.99. The molecule has 0 unspecified atom stereocenters. The van der Waals surface area contributed by atoms with Crippen molar-refractivity contribution >= 4 is 17.4 Å². The Morgan fingerprint density at radius 3 is 2.62 bits per heavy atom. The van der Waals surface area contributed by atoms with Crippen molar-refractivity contribution in [2.24, 2.45) is 5.10 Å². The number of nitrogens with one attached hydrogen (secondary N) is 1. The van der Waals surface area contributed by atoms with Gasteiger partial charge in [0, 0.05) is 24.0 Å². The highest BCUT2D eigenvalue weighted by Crippen LogP contribution is 2.21. The molecule has 0 saturated heterocycles. The number of nitrogens with zero attached hydrogens (tertiary/aromatic N) is 1. The molecule has 2 aromatic carbocycles. The number of rotatable bonds is 6. The number of carbonyl (C=O) groups excluding carboxylic acids is 1. The molecule has 24 heavy (non-hydrogen) atoms. The normalized spacial score (nSPS) is 11.2. The lowest BCUT2D eigenvalue weighted by Gasteiger charge is -2.11. The average Bonchev–Trinajstić information content (AvgIpc) is 2.53. The summed E-state index contributed by atoms with van der Waals surface area (Å²) >= 11 is 0. The molecule has 0 aliphatic rings. The van der Waals surface area contributed by atoms with Crippen LogP contribution in [0, 0.1) is 11.6 Å². The van der Waals surface area contributed by atoms with Crippen LogP contribution in [-0.2, 0) is 11.2 Å². The number of carboxylic acid groups (broad SMARTS) is 1. The molecule has 1 N–H and O–H groups in total. The Bertz CT molecular complexity index is 791. The standard InChI is InChI=1S/C17H16F2N2O3/c1-10(20-21-15-5-4-13(18)9-14(15)19)11-3-6-16(24-2)12(7-11)8-17(22)23/h3-7,9,21H,8H2,1-2H3,(H,22,23)/p-1/b20-10-. The second-order valence-corrected chi connectivity index (χ2v) is 5.01. The van der Waals surface area contributed by atoms with E-state index >= 15 is 0 Å². The number of benzene rings is 2. The fourth-order valence-corrected chi connectivity index (χ4v) is 2.09. The number of aliphatic carboxylic acids is 1. The third kappa shape index (κ3) is 4.28. The molecule has 0 atom stereocenters. The molecule has 0 heterocycles. The van der Waals surface area contributed by atoms with E-state index in [1.54, 1.807) is 25.1 Å². The van der Waals surface area contributed by atoms with Crippen LogP contribution in [-0.4, -0.2) is 18.8 Å². The van der Waals surface area contributed by atoms with Crippen LogP contribution in [0.4, 0.5) is 14.5 Å². The van der Waals surface area contributed by atoms with Gasteiger partial charge in [-0.15, -0.1) is 0 Å². The van der Waals surface area contributed by atoms with Gasteiger partial charge in [0.15, 0.2) is 5.82 Å². The van der Waals surface area contributed by atoms with E-state index in [0.717, 1.165) is 12.1 Å². The topological polar surface area (TPSA) is 73.8 Å². The van der Waals surface area contributed by atoms with Gasteiger partial charge < -0.3 is 14.6 Å². The van der Waals surface area contributed by atoms with E-state index in [4.69, 9.17) is 4.74 Å². The predicted molar refractivity (Wildman–Crippen MR) is 83.9 cm³/mol. The van der Waals surface area contributed by atoms with E-state index < -0.39 is 17.6 Å². The fraction of sp³-hybridized carbons (Fsp3) is 0.176. The van der Waals surface area contributed by atoms with Crippen LogP contribution >= 0.6 is 0 Å². The molecule has 126 valence electrons.